The third kappa shape index (κ3) is 3.82. The Kier molecular flexibility index (Phi) is 5.91. The second-order valence-corrected chi connectivity index (χ2v) is 9.97. The molecule has 2 aromatic rings. The molecule has 2 heterocycles. The predicted molar refractivity (Wildman–Crippen MR) is 103 cm³/mol. The Morgan fingerprint density at radius 2 is 1.71 bits per heavy atom. The van der Waals surface area contributed by atoms with Gasteiger partial charge in [-0.1, -0.05) is 29.3 Å². The normalized spacial score (nSPS) is 17.3. The molecule has 0 atom stereocenters. The van der Waals surface area contributed by atoms with E-state index in [1.54, 1.807) is 29.5 Å². The summed E-state index contributed by atoms with van der Waals surface area (Å²) in [5.41, 5.74) is 0. The van der Waals surface area contributed by atoms with Crippen molar-refractivity contribution >= 4 is 60.5 Å². The van der Waals surface area contributed by atoms with Gasteiger partial charge < -0.3 is 0 Å². The summed E-state index contributed by atoms with van der Waals surface area (Å²) < 4.78 is 28.2. The molecule has 0 unspecified atom stereocenters. The molecule has 0 spiro atoms. The van der Waals surface area contributed by atoms with E-state index in [0.29, 0.717) is 26.2 Å². The Hall–Kier alpha value is -0.150. The van der Waals surface area contributed by atoms with Gasteiger partial charge in [-0.05, 0) is 39.5 Å². The number of piperazine rings is 1. The van der Waals surface area contributed by atoms with E-state index in [9.17, 15) is 8.42 Å². The van der Waals surface area contributed by atoms with Gasteiger partial charge in [0.15, 0.2) is 0 Å². The first-order chi connectivity index (χ1) is 11.4. The van der Waals surface area contributed by atoms with Crippen LogP contribution < -0.4 is 0 Å². The third-order valence-corrected chi connectivity index (χ3v) is 8.67. The SMILES string of the molecule is O=S(=O)(c1c(Cl)cccc1Cl)N1CCN(Cc2sccc2Br)CC1. The molecule has 1 aromatic carbocycles. The fourth-order valence-electron chi connectivity index (χ4n) is 2.63. The highest BCUT2D eigenvalue weighted by atomic mass is 79.9. The molecule has 9 heteroatoms. The smallest absolute Gasteiger partial charge is 0.246 e. The fraction of sp³-hybridized carbons (Fsp3) is 0.333. The fourth-order valence-corrected chi connectivity index (χ4v) is 6.66. The molecule has 3 rings (SSSR count). The lowest BCUT2D eigenvalue weighted by Crippen LogP contribution is -2.48. The van der Waals surface area contributed by atoms with Gasteiger partial charge in [0, 0.05) is 42.1 Å². The van der Waals surface area contributed by atoms with Crippen LogP contribution in [-0.2, 0) is 16.6 Å². The second kappa shape index (κ2) is 7.61. The van der Waals surface area contributed by atoms with Crippen molar-refractivity contribution in [3.05, 3.63) is 49.0 Å². The van der Waals surface area contributed by atoms with Crippen molar-refractivity contribution in [1.29, 1.82) is 0 Å². The van der Waals surface area contributed by atoms with Crippen LogP contribution in [-0.4, -0.2) is 43.8 Å². The highest BCUT2D eigenvalue weighted by molar-refractivity contribution is 9.10. The highest BCUT2D eigenvalue weighted by Gasteiger charge is 2.31. The molecule has 0 radical (unpaired) electrons. The van der Waals surface area contributed by atoms with E-state index in [1.807, 2.05) is 11.4 Å². The Balaban J connectivity index is 1.71. The van der Waals surface area contributed by atoms with E-state index >= 15 is 0 Å². The van der Waals surface area contributed by atoms with Crippen molar-refractivity contribution in [2.45, 2.75) is 11.4 Å². The molecule has 1 aliphatic heterocycles. The lowest BCUT2D eigenvalue weighted by Gasteiger charge is -2.34. The van der Waals surface area contributed by atoms with Gasteiger partial charge in [-0.3, -0.25) is 4.90 Å². The number of rotatable bonds is 4. The molecule has 0 bridgehead atoms. The van der Waals surface area contributed by atoms with Crippen LogP contribution in [0.2, 0.25) is 10.0 Å². The minimum Gasteiger partial charge on any atom is -0.296 e. The first-order valence-electron chi connectivity index (χ1n) is 7.28. The number of benzene rings is 1. The van der Waals surface area contributed by atoms with Crippen molar-refractivity contribution in [3.63, 3.8) is 0 Å². The maximum Gasteiger partial charge on any atom is 0.246 e. The molecule has 24 heavy (non-hydrogen) atoms. The number of thiophene rings is 1. The third-order valence-electron chi connectivity index (χ3n) is 3.91. The topological polar surface area (TPSA) is 40.6 Å². The summed E-state index contributed by atoms with van der Waals surface area (Å²) in [4.78, 5) is 3.50. The number of sulfonamides is 1. The summed E-state index contributed by atoms with van der Waals surface area (Å²) in [6.07, 6.45) is 0. The molecule has 0 aliphatic carbocycles. The molecule has 4 nitrogen and oxygen atoms in total. The van der Waals surface area contributed by atoms with Gasteiger partial charge in [0.05, 0.1) is 10.0 Å². The van der Waals surface area contributed by atoms with E-state index < -0.39 is 10.0 Å². The van der Waals surface area contributed by atoms with E-state index in [-0.39, 0.29) is 14.9 Å². The minimum atomic E-state index is -3.68. The molecule has 1 aromatic heterocycles. The maximum atomic E-state index is 12.8. The van der Waals surface area contributed by atoms with Gasteiger partial charge in [0.1, 0.15) is 4.90 Å². The van der Waals surface area contributed by atoms with Crippen LogP contribution in [0.1, 0.15) is 4.88 Å². The number of hydrogen-bond acceptors (Lipinski definition) is 4. The summed E-state index contributed by atoms with van der Waals surface area (Å²) in [7, 11) is -3.68. The summed E-state index contributed by atoms with van der Waals surface area (Å²) in [6, 6.07) is 6.76. The van der Waals surface area contributed by atoms with E-state index in [1.165, 1.54) is 9.18 Å². The molecule has 1 saturated heterocycles. The number of hydrogen-bond donors (Lipinski definition) is 0. The zero-order valence-electron chi connectivity index (χ0n) is 12.6. The lowest BCUT2D eigenvalue weighted by molar-refractivity contribution is 0.182. The van der Waals surface area contributed by atoms with Crippen molar-refractivity contribution < 1.29 is 8.42 Å². The second-order valence-electron chi connectivity index (χ2n) is 5.42. The molecule has 0 N–H and O–H groups in total. The van der Waals surface area contributed by atoms with Crippen LogP contribution >= 0.6 is 50.5 Å². The van der Waals surface area contributed by atoms with Gasteiger partial charge in [-0.15, -0.1) is 11.3 Å². The Morgan fingerprint density at radius 1 is 1.08 bits per heavy atom. The molecule has 0 amide bonds. The first kappa shape index (κ1) is 18.6. The summed E-state index contributed by atoms with van der Waals surface area (Å²) in [5, 5.41) is 2.36. The van der Waals surface area contributed by atoms with Crippen molar-refractivity contribution in [3.8, 4) is 0 Å². The standard InChI is InChI=1S/C15H15BrCl2N2O2S2/c16-11-4-9-23-14(11)10-19-5-7-20(8-6-19)24(21,22)15-12(17)2-1-3-13(15)18/h1-4,9H,5-8,10H2. The number of nitrogens with zero attached hydrogens (tertiary/aromatic N) is 2. The summed E-state index contributed by atoms with van der Waals surface area (Å²) in [5.74, 6) is 0. The van der Waals surface area contributed by atoms with Crippen LogP contribution in [0.4, 0.5) is 0 Å². The van der Waals surface area contributed by atoms with Crippen molar-refractivity contribution in [1.82, 2.24) is 9.21 Å². The maximum absolute atomic E-state index is 12.8. The largest absolute Gasteiger partial charge is 0.296 e. The van der Waals surface area contributed by atoms with Gasteiger partial charge in [-0.25, -0.2) is 8.42 Å². The molecule has 0 saturated carbocycles. The summed E-state index contributed by atoms with van der Waals surface area (Å²) >= 11 is 17.4. The lowest BCUT2D eigenvalue weighted by atomic mass is 10.3. The quantitative estimate of drug-likeness (QED) is 0.669. The van der Waals surface area contributed by atoms with E-state index in [2.05, 4.69) is 20.8 Å². The van der Waals surface area contributed by atoms with Gasteiger partial charge >= 0.3 is 0 Å². The molecule has 1 fully saturated rings. The zero-order valence-corrected chi connectivity index (χ0v) is 17.3. The van der Waals surface area contributed by atoms with Gasteiger partial charge in [0.25, 0.3) is 0 Å². The van der Waals surface area contributed by atoms with Gasteiger partial charge in [0.2, 0.25) is 10.0 Å². The van der Waals surface area contributed by atoms with Crippen LogP contribution in [0.25, 0.3) is 0 Å². The molecule has 1 aliphatic rings. The van der Waals surface area contributed by atoms with Crippen LogP contribution in [0, 0.1) is 0 Å². The van der Waals surface area contributed by atoms with Crippen molar-refractivity contribution in [2.75, 3.05) is 26.2 Å². The monoisotopic (exact) mass is 468 g/mol. The Labute approximate surface area is 164 Å². The van der Waals surface area contributed by atoms with Gasteiger partial charge in [-0.2, -0.15) is 4.31 Å². The van der Waals surface area contributed by atoms with Crippen LogP contribution in [0.5, 0.6) is 0 Å². The molecular formula is C15H15BrCl2N2O2S2. The molecule has 130 valence electrons. The van der Waals surface area contributed by atoms with Crippen LogP contribution in [0.15, 0.2) is 39.0 Å². The average molecular weight is 470 g/mol. The molecular weight excluding hydrogens is 455 g/mol. The average Bonchev–Trinajstić information content (AvgIpc) is 2.92. The summed E-state index contributed by atoms with van der Waals surface area (Å²) in [6.45, 7) is 3.01. The highest BCUT2D eigenvalue weighted by Crippen LogP contribution is 2.32. The minimum absolute atomic E-state index is 0.00258. The van der Waals surface area contributed by atoms with Crippen LogP contribution in [0.3, 0.4) is 0 Å². The zero-order chi connectivity index (χ0) is 17.3. The first-order valence-corrected chi connectivity index (χ1v) is 11.1. The Bertz CT molecular complexity index is 813. The Morgan fingerprint density at radius 3 is 2.25 bits per heavy atom. The van der Waals surface area contributed by atoms with Crippen molar-refractivity contribution in [2.24, 2.45) is 0 Å². The van der Waals surface area contributed by atoms with E-state index in [4.69, 9.17) is 23.2 Å². The number of halogens is 3. The predicted octanol–water partition coefficient (Wildman–Crippen LogP) is 4.32. The van der Waals surface area contributed by atoms with E-state index in [0.717, 1.165) is 11.0 Å².